The topological polar surface area (TPSA) is 89.5 Å². The van der Waals surface area contributed by atoms with Crippen molar-refractivity contribution in [3.63, 3.8) is 0 Å². The fourth-order valence-corrected chi connectivity index (χ4v) is 5.55. The van der Waals surface area contributed by atoms with Crippen LogP contribution in [0.2, 0.25) is 0 Å². The number of aromatic nitrogens is 2. The minimum Gasteiger partial charge on any atom is -0.465 e. The van der Waals surface area contributed by atoms with Crippen molar-refractivity contribution in [1.29, 1.82) is 0 Å². The van der Waals surface area contributed by atoms with Crippen LogP contribution >= 0.6 is 0 Å². The van der Waals surface area contributed by atoms with E-state index in [9.17, 15) is 15.0 Å². The van der Waals surface area contributed by atoms with Crippen molar-refractivity contribution in [3.8, 4) is 0 Å². The number of rotatable bonds is 1. The van der Waals surface area contributed by atoms with Gasteiger partial charge in [-0.25, -0.2) is 9.78 Å². The van der Waals surface area contributed by atoms with Crippen molar-refractivity contribution < 1.29 is 15.0 Å². The van der Waals surface area contributed by atoms with E-state index in [0.29, 0.717) is 18.9 Å². The summed E-state index contributed by atoms with van der Waals surface area (Å²) >= 11 is 0. The maximum atomic E-state index is 11.9. The Labute approximate surface area is 153 Å². The minimum absolute atomic E-state index is 0.0858. The SMILES string of the molecule is CC(C)(C)C1CCC12CN(C(=O)O)CC(O)(c1c[nH]c3ncccc13)C2. The molecule has 2 aliphatic rings. The third-order valence-corrected chi connectivity index (χ3v) is 6.54. The minimum atomic E-state index is -1.21. The number of aromatic amines is 1. The van der Waals surface area contributed by atoms with Crippen LogP contribution in [0.5, 0.6) is 0 Å². The number of likely N-dealkylation sites (tertiary alicyclic amines) is 1. The van der Waals surface area contributed by atoms with Gasteiger partial charge in [0, 0.05) is 29.9 Å². The van der Waals surface area contributed by atoms with Crippen LogP contribution in [-0.4, -0.2) is 44.3 Å². The van der Waals surface area contributed by atoms with Gasteiger partial charge in [-0.1, -0.05) is 20.8 Å². The summed E-state index contributed by atoms with van der Waals surface area (Å²) in [6.07, 6.45) is 5.18. The first-order chi connectivity index (χ1) is 12.1. The maximum absolute atomic E-state index is 11.9. The van der Waals surface area contributed by atoms with Gasteiger partial charge in [0.15, 0.2) is 0 Å². The number of nitrogens with zero attached hydrogens (tertiary/aromatic N) is 2. The second kappa shape index (κ2) is 5.46. The molecule has 1 spiro atoms. The predicted molar refractivity (Wildman–Crippen MR) is 98.8 cm³/mol. The highest BCUT2D eigenvalue weighted by Gasteiger charge is 2.59. The molecule has 2 aromatic rings. The van der Waals surface area contributed by atoms with E-state index < -0.39 is 11.7 Å². The molecule has 3 atom stereocenters. The van der Waals surface area contributed by atoms with Crippen LogP contribution in [0.4, 0.5) is 4.79 Å². The van der Waals surface area contributed by atoms with Crippen molar-refractivity contribution in [3.05, 3.63) is 30.1 Å². The van der Waals surface area contributed by atoms with Crippen molar-refractivity contribution in [2.75, 3.05) is 13.1 Å². The third kappa shape index (κ3) is 2.50. The van der Waals surface area contributed by atoms with Gasteiger partial charge in [-0.2, -0.15) is 0 Å². The lowest BCUT2D eigenvalue weighted by Crippen LogP contribution is -2.63. The molecule has 1 amide bonds. The molecule has 3 N–H and O–H groups in total. The van der Waals surface area contributed by atoms with E-state index in [1.807, 2.05) is 12.1 Å². The highest BCUT2D eigenvalue weighted by atomic mass is 16.4. The molecule has 2 aromatic heterocycles. The first kappa shape index (κ1) is 17.3. The molecule has 6 heteroatoms. The summed E-state index contributed by atoms with van der Waals surface area (Å²) in [4.78, 5) is 20.7. The largest absolute Gasteiger partial charge is 0.465 e. The summed E-state index contributed by atoms with van der Waals surface area (Å²) in [5.74, 6) is 0.395. The van der Waals surface area contributed by atoms with E-state index in [-0.39, 0.29) is 17.4 Å². The Balaban J connectivity index is 1.79. The Kier molecular flexibility index (Phi) is 3.64. The van der Waals surface area contributed by atoms with E-state index in [1.54, 1.807) is 12.4 Å². The van der Waals surface area contributed by atoms with Crippen LogP contribution in [0.25, 0.3) is 11.0 Å². The Hall–Kier alpha value is -2.08. The van der Waals surface area contributed by atoms with Crippen LogP contribution in [0.1, 0.15) is 45.6 Å². The molecule has 1 aliphatic carbocycles. The fraction of sp³-hybridized carbons (Fsp3) is 0.600. The molecule has 4 rings (SSSR count). The average molecular weight is 357 g/mol. The number of pyridine rings is 1. The van der Waals surface area contributed by atoms with E-state index in [1.165, 1.54) is 4.90 Å². The van der Waals surface area contributed by atoms with Crippen molar-refractivity contribution in [2.45, 2.75) is 45.6 Å². The molecule has 0 aromatic carbocycles. The number of β-amino-alcohol motifs (C(OH)–C–C–N with tert-alkyl or cyclic N) is 1. The Morgan fingerprint density at radius 1 is 1.38 bits per heavy atom. The van der Waals surface area contributed by atoms with Crippen LogP contribution in [0, 0.1) is 16.7 Å². The number of amides is 1. The lowest BCUT2D eigenvalue weighted by molar-refractivity contribution is -0.162. The number of carbonyl (C=O) groups is 1. The van der Waals surface area contributed by atoms with Crippen LogP contribution in [0.3, 0.4) is 0 Å². The quantitative estimate of drug-likeness (QED) is 0.728. The first-order valence-electron chi connectivity index (χ1n) is 9.28. The lowest BCUT2D eigenvalue weighted by atomic mass is 9.47. The Morgan fingerprint density at radius 3 is 2.77 bits per heavy atom. The highest BCUT2D eigenvalue weighted by molar-refractivity contribution is 5.80. The summed E-state index contributed by atoms with van der Waals surface area (Å²) in [6, 6.07) is 3.78. The second-order valence-electron chi connectivity index (χ2n) is 9.27. The fourth-order valence-electron chi connectivity index (χ4n) is 5.55. The van der Waals surface area contributed by atoms with Gasteiger partial charge in [0.05, 0.1) is 6.54 Å². The van der Waals surface area contributed by atoms with Gasteiger partial charge in [0.2, 0.25) is 0 Å². The summed E-state index contributed by atoms with van der Waals surface area (Å²) in [7, 11) is 0. The number of nitrogens with one attached hydrogen (secondary N) is 1. The van der Waals surface area contributed by atoms with Crippen LogP contribution in [0.15, 0.2) is 24.5 Å². The Morgan fingerprint density at radius 2 is 2.15 bits per heavy atom. The number of carboxylic acid groups (broad SMARTS) is 1. The molecule has 1 aliphatic heterocycles. The van der Waals surface area contributed by atoms with Gasteiger partial charge in [-0.3, -0.25) is 0 Å². The van der Waals surface area contributed by atoms with E-state index in [0.717, 1.165) is 29.4 Å². The highest BCUT2D eigenvalue weighted by Crippen LogP contribution is 2.61. The summed E-state index contributed by atoms with van der Waals surface area (Å²) < 4.78 is 0. The molecule has 0 radical (unpaired) electrons. The zero-order valence-corrected chi connectivity index (χ0v) is 15.6. The Bertz CT molecular complexity index is 855. The maximum Gasteiger partial charge on any atom is 0.407 e. The van der Waals surface area contributed by atoms with Crippen molar-refractivity contribution in [2.24, 2.45) is 16.7 Å². The van der Waals surface area contributed by atoms with E-state index in [4.69, 9.17) is 0 Å². The molecule has 3 heterocycles. The van der Waals surface area contributed by atoms with Crippen LogP contribution in [-0.2, 0) is 5.60 Å². The second-order valence-corrected chi connectivity index (χ2v) is 9.27. The molecule has 26 heavy (non-hydrogen) atoms. The van der Waals surface area contributed by atoms with Gasteiger partial charge in [0.25, 0.3) is 0 Å². The number of piperidine rings is 1. The van der Waals surface area contributed by atoms with Gasteiger partial charge in [0.1, 0.15) is 11.2 Å². The van der Waals surface area contributed by atoms with Gasteiger partial charge in [-0.15, -0.1) is 0 Å². The molecule has 0 bridgehead atoms. The molecule has 3 unspecified atom stereocenters. The monoisotopic (exact) mass is 357 g/mol. The molecular formula is C20H27N3O3. The molecule has 2 fully saturated rings. The number of hydrogen-bond acceptors (Lipinski definition) is 3. The van der Waals surface area contributed by atoms with E-state index in [2.05, 4.69) is 30.7 Å². The summed E-state index contributed by atoms with van der Waals surface area (Å²) in [5, 5.41) is 22.3. The normalized spacial score (nSPS) is 32.0. The predicted octanol–water partition coefficient (Wildman–Crippen LogP) is 3.58. The zero-order chi connectivity index (χ0) is 18.7. The standard InChI is InChI=1S/C20H27N3O3/c1-18(2,3)15-6-7-19(15)10-20(26,12-23(11-19)17(24)25)14-9-22-16-13(14)5-4-8-21-16/h4-5,8-9,15,26H,6-7,10-12H2,1-3H3,(H,21,22)(H,24,25). The molecule has 140 valence electrons. The molecular weight excluding hydrogens is 330 g/mol. The summed E-state index contributed by atoms with van der Waals surface area (Å²) in [6.45, 7) is 7.25. The smallest absolute Gasteiger partial charge is 0.407 e. The van der Waals surface area contributed by atoms with Crippen molar-refractivity contribution >= 4 is 17.1 Å². The zero-order valence-electron chi connectivity index (χ0n) is 15.6. The van der Waals surface area contributed by atoms with Gasteiger partial charge >= 0.3 is 6.09 Å². The summed E-state index contributed by atoms with van der Waals surface area (Å²) in [5.41, 5.74) is 0.184. The number of fused-ring (bicyclic) bond motifs is 1. The van der Waals surface area contributed by atoms with E-state index >= 15 is 0 Å². The average Bonchev–Trinajstić information content (AvgIpc) is 2.96. The van der Waals surface area contributed by atoms with Crippen molar-refractivity contribution in [1.82, 2.24) is 14.9 Å². The number of aliphatic hydroxyl groups is 1. The van der Waals surface area contributed by atoms with Gasteiger partial charge in [-0.05, 0) is 48.1 Å². The number of hydrogen-bond donors (Lipinski definition) is 3. The van der Waals surface area contributed by atoms with Crippen LogP contribution < -0.4 is 0 Å². The molecule has 1 saturated carbocycles. The molecule has 1 saturated heterocycles. The lowest BCUT2D eigenvalue weighted by Gasteiger charge is -2.61. The third-order valence-electron chi connectivity index (χ3n) is 6.54. The number of H-pyrrole nitrogens is 1. The first-order valence-corrected chi connectivity index (χ1v) is 9.28. The molecule has 6 nitrogen and oxygen atoms in total. The van der Waals surface area contributed by atoms with Gasteiger partial charge < -0.3 is 20.1 Å².